The zero-order valence-electron chi connectivity index (χ0n) is 9.97. The number of carbonyl (C=O) groups excluding carboxylic acids is 1. The van der Waals surface area contributed by atoms with Gasteiger partial charge in [-0.2, -0.15) is 0 Å². The van der Waals surface area contributed by atoms with Crippen LogP contribution in [-0.4, -0.2) is 18.8 Å². The highest BCUT2D eigenvalue weighted by molar-refractivity contribution is 6.18. The number of rotatable bonds is 5. The van der Waals surface area contributed by atoms with Crippen molar-refractivity contribution in [3.8, 4) is 5.75 Å². The van der Waals surface area contributed by atoms with Gasteiger partial charge in [0.25, 0.3) is 0 Å². The summed E-state index contributed by atoms with van der Waals surface area (Å²) in [7, 11) is 1.64. The molecule has 1 rings (SSSR count). The molecule has 0 bridgehead atoms. The number of alkyl halides is 1. The molecule has 0 saturated carbocycles. The molecule has 0 saturated heterocycles. The SMILES string of the molecule is COc1ccc(C(=O)CCCCl)c(C)c1C. The zero-order valence-corrected chi connectivity index (χ0v) is 10.7. The Hall–Kier alpha value is -1.02. The van der Waals surface area contributed by atoms with Crippen molar-refractivity contribution in [1.82, 2.24) is 0 Å². The summed E-state index contributed by atoms with van der Waals surface area (Å²) < 4.78 is 5.21. The molecule has 16 heavy (non-hydrogen) atoms. The van der Waals surface area contributed by atoms with Crippen LogP contribution in [-0.2, 0) is 0 Å². The molecule has 0 unspecified atom stereocenters. The number of benzene rings is 1. The van der Waals surface area contributed by atoms with E-state index in [1.807, 2.05) is 26.0 Å². The molecule has 0 fully saturated rings. The Labute approximate surface area is 102 Å². The molecule has 3 heteroatoms. The second kappa shape index (κ2) is 5.90. The van der Waals surface area contributed by atoms with Gasteiger partial charge in [0.05, 0.1) is 7.11 Å². The molecular formula is C13H17ClO2. The van der Waals surface area contributed by atoms with Crippen molar-refractivity contribution in [2.24, 2.45) is 0 Å². The molecule has 0 aliphatic heterocycles. The monoisotopic (exact) mass is 240 g/mol. The van der Waals surface area contributed by atoms with Crippen LogP contribution in [0.3, 0.4) is 0 Å². The molecule has 0 radical (unpaired) electrons. The van der Waals surface area contributed by atoms with Crippen LogP contribution in [0.1, 0.15) is 34.3 Å². The number of Topliss-reactive ketones (excluding diaryl/α,β-unsaturated/α-hetero) is 1. The van der Waals surface area contributed by atoms with Crippen LogP contribution >= 0.6 is 11.6 Å². The highest BCUT2D eigenvalue weighted by Gasteiger charge is 2.12. The van der Waals surface area contributed by atoms with Gasteiger partial charge in [0.2, 0.25) is 0 Å². The van der Waals surface area contributed by atoms with E-state index in [2.05, 4.69) is 0 Å². The van der Waals surface area contributed by atoms with Crippen LogP contribution in [0.2, 0.25) is 0 Å². The minimum Gasteiger partial charge on any atom is -0.496 e. The lowest BCUT2D eigenvalue weighted by Gasteiger charge is -2.11. The first-order chi connectivity index (χ1) is 7.61. The van der Waals surface area contributed by atoms with E-state index in [1.165, 1.54) is 0 Å². The Morgan fingerprint density at radius 1 is 1.31 bits per heavy atom. The van der Waals surface area contributed by atoms with Gasteiger partial charge >= 0.3 is 0 Å². The number of hydrogen-bond acceptors (Lipinski definition) is 2. The summed E-state index contributed by atoms with van der Waals surface area (Å²) in [5.74, 6) is 1.51. The predicted molar refractivity (Wildman–Crippen MR) is 66.8 cm³/mol. The molecular weight excluding hydrogens is 224 g/mol. The number of carbonyl (C=O) groups is 1. The van der Waals surface area contributed by atoms with E-state index in [0.717, 1.165) is 28.9 Å². The fourth-order valence-corrected chi connectivity index (χ4v) is 1.81. The molecule has 1 aromatic carbocycles. The Morgan fingerprint density at radius 3 is 2.56 bits per heavy atom. The van der Waals surface area contributed by atoms with Crippen molar-refractivity contribution in [2.75, 3.05) is 13.0 Å². The predicted octanol–water partition coefficient (Wildman–Crippen LogP) is 3.51. The van der Waals surface area contributed by atoms with E-state index < -0.39 is 0 Å². The van der Waals surface area contributed by atoms with Gasteiger partial charge in [0, 0.05) is 17.9 Å². The summed E-state index contributed by atoms with van der Waals surface area (Å²) in [6.45, 7) is 3.91. The van der Waals surface area contributed by atoms with Crippen LogP contribution in [0.15, 0.2) is 12.1 Å². The molecule has 0 aliphatic rings. The third-order valence-electron chi connectivity index (χ3n) is 2.80. The van der Waals surface area contributed by atoms with Gasteiger partial charge in [0.15, 0.2) is 5.78 Å². The van der Waals surface area contributed by atoms with E-state index in [9.17, 15) is 4.79 Å². The minimum absolute atomic E-state index is 0.156. The van der Waals surface area contributed by atoms with Gasteiger partial charge in [-0.1, -0.05) is 0 Å². The third kappa shape index (κ3) is 2.76. The number of halogens is 1. The lowest BCUT2D eigenvalue weighted by atomic mass is 9.97. The summed E-state index contributed by atoms with van der Waals surface area (Å²) in [4.78, 5) is 11.9. The maximum Gasteiger partial charge on any atom is 0.163 e. The second-order valence-corrected chi connectivity index (χ2v) is 4.16. The summed E-state index contributed by atoms with van der Waals surface area (Å²) in [5.41, 5.74) is 2.81. The van der Waals surface area contributed by atoms with Gasteiger partial charge in [0.1, 0.15) is 5.75 Å². The molecule has 0 atom stereocenters. The van der Waals surface area contributed by atoms with E-state index >= 15 is 0 Å². The highest BCUT2D eigenvalue weighted by atomic mass is 35.5. The molecule has 0 N–H and O–H groups in total. The average molecular weight is 241 g/mol. The smallest absolute Gasteiger partial charge is 0.163 e. The van der Waals surface area contributed by atoms with Gasteiger partial charge in [-0.05, 0) is 43.5 Å². The lowest BCUT2D eigenvalue weighted by Crippen LogP contribution is -2.04. The van der Waals surface area contributed by atoms with E-state index in [1.54, 1.807) is 7.11 Å². The second-order valence-electron chi connectivity index (χ2n) is 3.78. The number of hydrogen-bond donors (Lipinski definition) is 0. The summed E-state index contributed by atoms with van der Waals surface area (Å²) in [6, 6.07) is 3.67. The minimum atomic E-state index is 0.156. The van der Waals surface area contributed by atoms with Crippen molar-refractivity contribution in [1.29, 1.82) is 0 Å². The molecule has 2 nitrogen and oxygen atoms in total. The fraction of sp³-hybridized carbons (Fsp3) is 0.462. The van der Waals surface area contributed by atoms with Crippen molar-refractivity contribution in [3.05, 3.63) is 28.8 Å². The number of ether oxygens (including phenoxy) is 1. The Kier molecular flexibility index (Phi) is 4.81. The maximum atomic E-state index is 11.9. The van der Waals surface area contributed by atoms with Crippen LogP contribution in [0.5, 0.6) is 5.75 Å². The molecule has 88 valence electrons. The quantitative estimate of drug-likeness (QED) is 0.582. The average Bonchev–Trinajstić information content (AvgIpc) is 2.29. The topological polar surface area (TPSA) is 26.3 Å². The van der Waals surface area contributed by atoms with Gasteiger partial charge in [-0.15, -0.1) is 11.6 Å². The van der Waals surface area contributed by atoms with Crippen molar-refractivity contribution >= 4 is 17.4 Å². The first-order valence-corrected chi connectivity index (χ1v) is 5.88. The van der Waals surface area contributed by atoms with Crippen molar-refractivity contribution in [3.63, 3.8) is 0 Å². The van der Waals surface area contributed by atoms with Crippen LogP contribution < -0.4 is 4.74 Å². The standard InChI is InChI=1S/C13H17ClO2/c1-9-10(2)13(16-3)7-6-11(9)12(15)5-4-8-14/h6-7H,4-5,8H2,1-3H3. The summed E-state index contributed by atoms with van der Waals surface area (Å²) >= 11 is 5.58. The number of ketones is 1. The third-order valence-corrected chi connectivity index (χ3v) is 3.06. The molecule has 0 aliphatic carbocycles. The molecule has 1 aromatic rings. The van der Waals surface area contributed by atoms with Crippen LogP contribution in [0.4, 0.5) is 0 Å². The fourth-order valence-electron chi connectivity index (χ4n) is 1.68. The van der Waals surface area contributed by atoms with Crippen LogP contribution in [0.25, 0.3) is 0 Å². The van der Waals surface area contributed by atoms with E-state index in [-0.39, 0.29) is 5.78 Å². The van der Waals surface area contributed by atoms with Gasteiger partial charge in [-0.25, -0.2) is 0 Å². The maximum absolute atomic E-state index is 11.9. The van der Waals surface area contributed by atoms with Gasteiger partial charge in [-0.3, -0.25) is 4.79 Å². The Morgan fingerprint density at radius 2 is 2.00 bits per heavy atom. The molecule has 0 heterocycles. The van der Waals surface area contributed by atoms with Crippen molar-refractivity contribution in [2.45, 2.75) is 26.7 Å². The Bertz CT molecular complexity index is 386. The highest BCUT2D eigenvalue weighted by Crippen LogP contribution is 2.24. The van der Waals surface area contributed by atoms with Crippen LogP contribution in [0, 0.1) is 13.8 Å². The first-order valence-electron chi connectivity index (χ1n) is 5.35. The lowest BCUT2D eigenvalue weighted by molar-refractivity contribution is 0.0981. The molecule has 0 amide bonds. The first kappa shape index (κ1) is 13.0. The Balaban J connectivity index is 2.98. The van der Waals surface area contributed by atoms with E-state index in [4.69, 9.17) is 16.3 Å². The normalized spacial score (nSPS) is 10.2. The summed E-state index contributed by atoms with van der Waals surface area (Å²) in [6.07, 6.45) is 1.24. The number of methoxy groups -OCH3 is 1. The van der Waals surface area contributed by atoms with E-state index in [0.29, 0.717) is 12.3 Å². The zero-order chi connectivity index (χ0) is 12.1. The molecule has 0 spiro atoms. The largest absolute Gasteiger partial charge is 0.496 e. The van der Waals surface area contributed by atoms with Crippen molar-refractivity contribution < 1.29 is 9.53 Å². The summed E-state index contributed by atoms with van der Waals surface area (Å²) in [5, 5.41) is 0. The molecule has 0 aromatic heterocycles. The van der Waals surface area contributed by atoms with Gasteiger partial charge < -0.3 is 4.74 Å².